The minimum absolute atomic E-state index is 0.0835. The molecular weight excluding hydrogens is 176 g/mol. The van der Waals surface area contributed by atoms with E-state index in [2.05, 4.69) is 0 Å². The van der Waals surface area contributed by atoms with Crippen LogP contribution in [0.3, 0.4) is 0 Å². The summed E-state index contributed by atoms with van der Waals surface area (Å²) in [4.78, 5) is 11.4. The zero-order valence-corrected chi connectivity index (χ0v) is 8.66. The Balaban J connectivity index is 2.64. The summed E-state index contributed by atoms with van der Waals surface area (Å²) in [5.74, 6) is 0.0835. The largest absolute Gasteiger partial charge is 0.388 e. The van der Waals surface area contributed by atoms with E-state index in [1.54, 1.807) is 0 Å². The molecule has 0 aromatic heterocycles. The number of carbonyl (C=O) groups is 1. The molecule has 2 heteroatoms. The second kappa shape index (κ2) is 4.91. The van der Waals surface area contributed by atoms with Gasteiger partial charge in [0.25, 0.3) is 0 Å². The van der Waals surface area contributed by atoms with Crippen LogP contribution in [0.5, 0.6) is 0 Å². The van der Waals surface area contributed by atoms with Crippen molar-refractivity contribution in [2.24, 2.45) is 0 Å². The van der Waals surface area contributed by atoms with Gasteiger partial charge in [-0.1, -0.05) is 24.3 Å². The summed E-state index contributed by atoms with van der Waals surface area (Å²) in [6, 6.07) is 0. The molecule has 0 fully saturated rings. The lowest BCUT2D eigenvalue weighted by molar-refractivity contribution is -0.115. The van der Waals surface area contributed by atoms with Crippen LogP contribution in [0.15, 0.2) is 35.5 Å². The predicted molar refractivity (Wildman–Crippen MR) is 56.9 cm³/mol. The first-order chi connectivity index (χ1) is 6.66. The molecule has 0 aliphatic heterocycles. The molecule has 1 aliphatic carbocycles. The molecule has 0 aromatic carbocycles. The van der Waals surface area contributed by atoms with Gasteiger partial charge < -0.3 is 5.11 Å². The van der Waals surface area contributed by atoms with Crippen molar-refractivity contribution in [1.29, 1.82) is 0 Å². The topological polar surface area (TPSA) is 37.3 Å². The van der Waals surface area contributed by atoms with E-state index in [0.29, 0.717) is 6.42 Å². The van der Waals surface area contributed by atoms with E-state index in [1.807, 2.05) is 38.2 Å². The first-order valence-electron chi connectivity index (χ1n) is 4.85. The zero-order valence-electron chi connectivity index (χ0n) is 8.66. The molecule has 0 aromatic rings. The monoisotopic (exact) mass is 192 g/mol. The molecule has 0 bridgehead atoms. The Morgan fingerprint density at radius 1 is 1.50 bits per heavy atom. The highest BCUT2D eigenvalue weighted by Gasteiger charge is 2.26. The summed E-state index contributed by atoms with van der Waals surface area (Å²) >= 11 is 0. The summed E-state index contributed by atoms with van der Waals surface area (Å²) in [5.41, 5.74) is 1.61. The quantitative estimate of drug-likeness (QED) is 0.696. The van der Waals surface area contributed by atoms with Gasteiger partial charge in [-0.25, -0.2) is 0 Å². The molecule has 0 spiro atoms. The second-order valence-corrected chi connectivity index (χ2v) is 3.46. The average molecular weight is 192 g/mol. The Labute approximate surface area is 84.6 Å². The number of hydrogen-bond donors (Lipinski definition) is 1. The lowest BCUT2D eigenvalue weighted by Crippen LogP contribution is -2.03. The summed E-state index contributed by atoms with van der Waals surface area (Å²) in [6.07, 6.45) is 8.06. The van der Waals surface area contributed by atoms with Gasteiger partial charge in [0.05, 0.1) is 6.10 Å². The fourth-order valence-corrected chi connectivity index (χ4v) is 1.52. The Bertz CT molecular complexity index is 308. The van der Waals surface area contributed by atoms with Crippen LogP contribution >= 0.6 is 0 Å². The van der Waals surface area contributed by atoms with Crippen molar-refractivity contribution < 1.29 is 9.90 Å². The molecule has 0 saturated heterocycles. The molecule has 1 aliphatic rings. The molecule has 1 unspecified atom stereocenters. The van der Waals surface area contributed by atoms with Gasteiger partial charge in [0, 0.05) is 12.0 Å². The van der Waals surface area contributed by atoms with Crippen molar-refractivity contribution >= 4 is 5.78 Å². The molecule has 14 heavy (non-hydrogen) atoms. The van der Waals surface area contributed by atoms with E-state index in [9.17, 15) is 9.90 Å². The van der Waals surface area contributed by atoms with Gasteiger partial charge in [-0.2, -0.15) is 0 Å². The first kappa shape index (κ1) is 10.9. The number of allylic oxidation sites excluding steroid dienone is 5. The lowest BCUT2D eigenvalue weighted by Gasteiger charge is -1.99. The van der Waals surface area contributed by atoms with E-state index in [4.69, 9.17) is 0 Å². The van der Waals surface area contributed by atoms with Crippen molar-refractivity contribution in [3.8, 4) is 0 Å². The second-order valence-electron chi connectivity index (χ2n) is 3.46. The fraction of sp³-hybridized carbons (Fsp3) is 0.417. The SMILES string of the molecule is C/C=C/C=C/CC1=C(C)C(O)CC1=O. The molecule has 0 heterocycles. The maximum Gasteiger partial charge on any atom is 0.162 e. The van der Waals surface area contributed by atoms with E-state index in [-0.39, 0.29) is 12.2 Å². The molecule has 0 amide bonds. The average Bonchev–Trinajstić information content (AvgIpc) is 2.38. The number of Topliss-reactive ketones (excluding diaryl/α,β-unsaturated/α-hetero) is 1. The summed E-state index contributed by atoms with van der Waals surface area (Å²) in [7, 11) is 0. The first-order valence-corrected chi connectivity index (χ1v) is 4.85. The third kappa shape index (κ3) is 2.42. The standard InChI is InChI=1S/C12H16O2/c1-3-4-5-6-7-10-9(2)11(13)8-12(10)14/h3-6,11,13H,7-8H2,1-2H3/b4-3+,6-5+. The number of aliphatic hydroxyl groups is 1. The Morgan fingerprint density at radius 2 is 2.21 bits per heavy atom. The number of aliphatic hydroxyl groups excluding tert-OH is 1. The van der Waals surface area contributed by atoms with Crippen LogP contribution in [0.1, 0.15) is 26.7 Å². The van der Waals surface area contributed by atoms with E-state index in [1.165, 1.54) is 0 Å². The maximum absolute atomic E-state index is 11.4. The number of ketones is 1. The third-order valence-corrected chi connectivity index (χ3v) is 2.45. The van der Waals surface area contributed by atoms with Crippen LogP contribution < -0.4 is 0 Å². The number of hydrogen-bond acceptors (Lipinski definition) is 2. The van der Waals surface area contributed by atoms with Crippen molar-refractivity contribution in [2.75, 3.05) is 0 Å². The van der Waals surface area contributed by atoms with Crippen molar-refractivity contribution in [2.45, 2.75) is 32.8 Å². The summed E-state index contributed by atoms with van der Waals surface area (Å²) in [5, 5.41) is 9.42. The molecule has 1 atom stereocenters. The van der Waals surface area contributed by atoms with Crippen molar-refractivity contribution in [1.82, 2.24) is 0 Å². The normalized spacial score (nSPS) is 23.4. The minimum atomic E-state index is -0.549. The van der Waals surface area contributed by atoms with Gasteiger partial charge in [-0.05, 0) is 25.8 Å². The smallest absolute Gasteiger partial charge is 0.162 e. The third-order valence-electron chi connectivity index (χ3n) is 2.45. The molecule has 0 saturated carbocycles. The lowest BCUT2D eigenvalue weighted by atomic mass is 10.1. The van der Waals surface area contributed by atoms with Gasteiger partial charge >= 0.3 is 0 Å². The van der Waals surface area contributed by atoms with Crippen LogP contribution in [-0.4, -0.2) is 17.0 Å². The minimum Gasteiger partial charge on any atom is -0.388 e. The van der Waals surface area contributed by atoms with Gasteiger partial charge in [0.2, 0.25) is 0 Å². The van der Waals surface area contributed by atoms with Crippen molar-refractivity contribution in [3.05, 3.63) is 35.5 Å². The number of rotatable bonds is 3. The van der Waals surface area contributed by atoms with Gasteiger partial charge in [-0.3, -0.25) is 4.79 Å². The van der Waals surface area contributed by atoms with Crippen LogP contribution in [0.25, 0.3) is 0 Å². The van der Waals surface area contributed by atoms with Gasteiger partial charge in [0.15, 0.2) is 5.78 Å². The van der Waals surface area contributed by atoms with Crippen LogP contribution in [0, 0.1) is 0 Å². The molecule has 76 valence electrons. The van der Waals surface area contributed by atoms with E-state index in [0.717, 1.165) is 11.1 Å². The summed E-state index contributed by atoms with van der Waals surface area (Å²) < 4.78 is 0. The van der Waals surface area contributed by atoms with E-state index < -0.39 is 6.10 Å². The number of carbonyl (C=O) groups excluding carboxylic acids is 1. The van der Waals surface area contributed by atoms with Crippen LogP contribution in [-0.2, 0) is 4.79 Å². The van der Waals surface area contributed by atoms with Crippen molar-refractivity contribution in [3.63, 3.8) is 0 Å². The van der Waals surface area contributed by atoms with Crippen LogP contribution in [0.4, 0.5) is 0 Å². The van der Waals surface area contributed by atoms with Gasteiger partial charge in [0.1, 0.15) is 0 Å². The highest BCUT2D eigenvalue weighted by molar-refractivity contribution is 5.99. The van der Waals surface area contributed by atoms with Crippen LogP contribution in [0.2, 0.25) is 0 Å². The van der Waals surface area contributed by atoms with E-state index >= 15 is 0 Å². The molecule has 1 N–H and O–H groups in total. The highest BCUT2D eigenvalue weighted by Crippen LogP contribution is 2.25. The molecule has 1 rings (SSSR count). The predicted octanol–water partition coefficient (Wildman–Crippen LogP) is 2.16. The highest BCUT2D eigenvalue weighted by atomic mass is 16.3. The van der Waals surface area contributed by atoms with Gasteiger partial charge in [-0.15, -0.1) is 0 Å². The summed E-state index contributed by atoms with van der Waals surface area (Å²) in [6.45, 7) is 3.77. The Morgan fingerprint density at radius 3 is 2.71 bits per heavy atom. The molecular formula is C12H16O2. The maximum atomic E-state index is 11.4. The Kier molecular flexibility index (Phi) is 3.84. The fourth-order valence-electron chi connectivity index (χ4n) is 1.52. The Hall–Kier alpha value is -1.15. The molecule has 2 nitrogen and oxygen atoms in total. The zero-order chi connectivity index (χ0) is 10.6. The molecule has 0 radical (unpaired) electrons.